The number of nitrogens with zero attached hydrogens (tertiary/aromatic N) is 3. The molecule has 6 heteroatoms. The second kappa shape index (κ2) is 6.29. The predicted octanol–water partition coefficient (Wildman–Crippen LogP) is 3.10. The van der Waals surface area contributed by atoms with Crippen molar-refractivity contribution in [2.45, 2.75) is 19.3 Å². The molecular formula is C19H20N4O2. The number of fused-ring (bicyclic) bond motifs is 1. The molecular weight excluding hydrogens is 316 g/mol. The van der Waals surface area contributed by atoms with E-state index in [2.05, 4.69) is 22.6 Å². The second-order valence-corrected chi connectivity index (χ2v) is 6.43. The van der Waals surface area contributed by atoms with E-state index in [-0.39, 0.29) is 5.91 Å². The van der Waals surface area contributed by atoms with E-state index in [0.717, 1.165) is 47.5 Å². The monoisotopic (exact) mass is 336 g/mol. The Morgan fingerprint density at radius 1 is 1.40 bits per heavy atom. The summed E-state index contributed by atoms with van der Waals surface area (Å²) in [4.78, 5) is 20.5. The van der Waals surface area contributed by atoms with Crippen molar-refractivity contribution in [3.05, 3.63) is 42.4 Å². The molecule has 1 N–H and O–H groups in total. The lowest BCUT2D eigenvalue weighted by Gasteiger charge is -2.09. The summed E-state index contributed by atoms with van der Waals surface area (Å²) in [7, 11) is 1.99. The van der Waals surface area contributed by atoms with Gasteiger partial charge in [0, 0.05) is 49.3 Å². The normalized spacial score (nSPS) is 17.1. The average molecular weight is 336 g/mol. The SMILES string of the molecule is CC(=O)Nc1cc2c(-c3cccc(C4CCOC4)n3)cn(C)c2cn1. The van der Waals surface area contributed by atoms with E-state index in [1.165, 1.54) is 6.92 Å². The van der Waals surface area contributed by atoms with Crippen molar-refractivity contribution < 1.29 is 9.53 Å². The summed E-state index contributed by atoms with van der Waals surface area (Å²) in [5.74, 6) is 0.782. The molecule has 3 aromatic heterocycles. The van der Waals surface area contributed by atoms with Gasteiger partial charge in [0.25, 0.3) is 0 Å². The fourth-order valence-corrected chi connectivity index (χ4v) is 3.33. The van der Waals surface area contributed by atoms with Crippen molar-refractivity contribution in [2.24, 2.45) is 7.05 Å². The van der Waals surface area contributed by atoms with Crippen LogP contribution in [-0.2, 0) is 16.6 Å². The summed E-state index contributed by atoms with van der Waals surface area (Å²) in [5.41, 5.74) is 4.03. The molecule has 3 aromatic rings. The first-order valence-corrected chi connectivity index (χ1v) is 8.39. The first-order chi connectivity index (χ1) is 12.1. The summed E-state index contributed by atoms with van der Waals surface area (Å²) >= 11 is 0. The fraction of sp³-hybridized carbons (Fsp3) is 0.316. The van der Waals surface area contributed by atoms with Gasteiger partial charge in [0.05, 0.1) is 24.0 Å². The topological polar surface area (TPSA) is 69.0 Å². The summed E-state index contributed by atoms with van der Waals surface area (Å²) in [6, 6.07) is 8.04. The van der Waals surface area contributed by atoms with Gasteiger partial charge in [0.15, 0.2) is 0 Å². The minimum absolute atomic E-state index is 0.134. The van der Waals surface area contributed by atoms with Crippen LogP contribution in [-0.4, -0.2) is 33.7 Å². The van der Waals surface area contributed by atoms with Gasteiger partial charge in [-0.3, -0.25) is 9.78 Å². The minimum Gasteiger partial charge on any atom is -0.381 e. The molecule has 0 radical (unpaired) electrons. The van der Waals surface area contributed by atoms with Crippen molar-refractivity contribution in [1.82, 2.24) is 14.5 Å². The van der Waals surface area contributed by atoms with Gasteiger partial charge in [-0.15, -0.1) is 0 Å². The largest absolute Gasteiger partial charge is 0.381 e. The Labute approximate surface area is 145 Å². The van der Waals surface area contributed by atoms with E-state index in [0.29, 0.717) is 11.7 Å². The highest BCUT2D eigenvalue weighted by Crippen LogP contribution is 2.32. The van der Waals surface area contributed by atoms with E-state index in [1.807, 2.05) is 29.8 Å². The maximum absolute atomic E-state index is 11.3. The number of aromatic nitrogens is 3. The first-order valence-electron chi connectivity index (χ1n) is 8.39. The Morgan fingerprint density at radius 3 is 3.04 bits per heavy atom. The van der Waals surface area contributed by atoms with Gasteiger partial charge >= 0.3 is 0 Å². The van der Waals surface area contributed by atoms with E-state index in [4.69, 9.17) is 9.72 Å². The molecule has 25 heavy (non-hydrogen) atoms. The second-order valence-electron chi connectivity index (χ2n) is 6.43. The lowest BCUT2D eigenvalue weighted by atomic mass is 10.0. The van der Waals surface area contributed by atoms with E-state index < -0.39 is 0 Å². The van der Waals surface area contributed by atoms with Crippen molar-refractivity contribution >= 4 is 22.6 Å². The highest BCUT2D eigenvalue weighted by Gasteiger charge is 2.20. The van der Waals surface area contributed by atoms with Crippen LogP contribution in [0.2, 0.25) is 0 Å². The van der Waals surface area contributed by atoms with Gasteiger partial charge in [-0.25, -0.2) is 4.98 Å². The van der Waals surface area contributed by atoms with Crippen LogP contribution in [0.3, 0.4) is 0 Å². The lowest BCUT2D eigenvalue weighted by molar-refractivity contribution is -0.114. The Morgan fingerprint density at radius 2 is 2.28 bits per heavy atom. The predicted molar refractivity (Wildman–Crippen MR) is 96.4 cm³/mol. The number of aryl methyl sites for hydroxylation is 1. The highest BCUT2D eigenvalue weighted by atomic mass is 16.5. The van der Waals surface area contributed by atoms with Crippen LogP contribution in [0.5, 0.6) is 0 Å². The minimum atomic E-state index is -0.134. The molecule has 4 rings (SSSR count). The molecule has 0 saturated carbocycles. The smallest absolute Gasteiger partial charge is 0.222 e. The van der Waals surface area contributed by atoms with Crippen molar-refractivity contribution in [2.75, 3.05) is 18.5 Å². The number of hydrogen-bond acceptors (Lipinski definition) is 4. The molecule has 6 nitrogen and oxygen atoms in total. The molecule has 1 aliphatic heterocycles. The van der Waals surface area contributed by atoms with Crippen LogP contribution in [0.4, 0.5) is 5.82 Å². The Balaban J connectivity index is 1.80. The van der Waals surface area contributed by atoms with Crippen LogP contribution in [0.1, 0.15) is 25.0 Å². The number of amides is 1. The molecule has 1 saturated heterocycles. The third-order valence-electron chi connectivity index (χ3n) is 4.57. The van der Waals surface area contributed by atoms with Crippen molar-refractivity contribution in [3.63, 3.8) is 0 Å². The molecule has 1 aliphatic rings. The van der Waals surface area contributed by atoms with Gasteiger partial charge in [-0.1, -0.05) is 6.07 Å². The summed E-state index contributed by atoms with van der Waals surface area (Å²) in [6.45, 7) is 3.02. The number of hydrogen-bond donors (Lipinski definition) is 1. The fourth-order valence-electron chi connectivity index (χ4n) is 3.33. The van der Waals surface area contributed by atoms with Crippen LogP contribution < -0.4 is 5.32 Å². The van der Waals surface area contributed by atoms with Gasteiger partial charge < -0.3 is 14.6 Å². The van der Waals surface area contributed by atoms with Crippen molar-refractivity contribution in [3.8, 4) is 11.3 Å². The van der Waals surface area contributed by atoms with Crippen LogP contribution in [0.15, 0.2) is 36.7 Å². The number of carbonyl (C=O) groups excluding carboxylic acids is 1. The van der Waals surface area contributed by atoms with E-state index in [9.17, 15) is 4.79 Å². The molecule has 0 aliphatic carbocycles. The van der Waals surface area contributed by atoms with Crippen molar-refractivity contribution in [1.29, 1.82) is 0 Å². The summed E-state index contributed by atoms with van der Waals surface area (Å²) < 4.78 is 7.52. The van der Waals surface area contributed by atoms with Gasteiger partial charge in [-0.2, -0.15) is 0 Å². The molecule has 1 unspecified atom stereocenters. The molecule has 0 aromatic carbocycles. The molecule has 1 amide bonds. The molecule has 0 spiro atoms. The van der Waals surface area contributed by atoms with Crippen LogP contribution in [0.25, 0.3) is 22.2 Å². The maximum Gasteiger partial charge on any atom is 0.222 e. The van der Waals surface area contributed by atoms with Gasteiger partial charge in [0.1, 0.15) is 5.82 Å². The van der Waals surface area contributed by atoms with E-state index in [1.54, 1.807) is 6.20 Å². The van der Waals surface area contributed by atoms with Crippen LogP contribution in [0, 0.1) is 0 Å². The Bertz CT molecular complexity index is 942. The average Bonchev–Trinajstić information content (AvgIpc) is 3.23. The molecule has 1 fully saturated rings. The third-order valence-corrected chi connectivity index (χ3v) is 4.57. The Kier molecular flexibility index (Phi) is 3.97. The third kappa shape index (κ3) is 3.00. The zero-order chi connectivity index (χ0) is 17.4. The zero-order valence-corrected chi connectivity index (χ0v) is 14.3. The standard InChI is InChI=1S/C19H20N4O2/c1-12(24)21-19-8-14-15(10-23(2)18(14)9-20-19)17-5-3-4-16(22-17)13-6-7-25-11-13/h3-5,8-10,13H,6-7,11H2,1-2H3,(H,20,21,24). The molecule has 128 valence electrons. The number of ether oxygens (including phenoxy) is 1. The number of anilines is 1. The molecule has 4 heterocycles. The lowest BCUT2D eigenvalue weighted by Crippen LogP contribution is -2.07. The zero-order valence-electron chi connectivity index (χ0n) is 14.3. The number of carbonyl (C=O) groups is 1. The first kappa shape index (κ1) is 15.8. The van der Waals surface area contributed by atoms with E-state index >= 15 is 0 Å². The van der Waals surface area contributed by atoms with Crippen LogP contribution >= 0.6 is 0 Å². The quantitative estimate of drug-likeness (QED) is 0.798. The Hall–Kier alpha value is -2.73. The number of pyridine rings is 2. The maximum atomic E-state index is 11.3. The summed E-state index contributed by atoms with van der Waals surface area (Å²) in [6.07, 6.45) is 4.85. The summed E-state index contributed by atoms with van der Waals surface area (Å²) in [5, 5.41) is 3.77. The van der Waals surface area contributed by atoms with Gasteiger partial charge in [0.2, 0.25) is 5.91 Å². The number of nitrogens with one attached hydrogen (secondary N) is 1. The van der Waals surface area contributed by atoms with Gasteiger partial charge in [-0.05, 0) is 24.6 Å². The molecule has 1 atom stereocenters. The number of rotatable bonds is 3. The molecule has 0 bridgehead atoms. The highest BCUT2D eigenvalue weighted by molar-refractivity contribution is 5.98.